The Morgan fingerprint density at radius 1 is 1.29 bits per heavy atom. The van der Waals surface area contributed by atoms with Crippen molar-refractivity contribution in [3.63, 3.8) is 0 Å². The van der Waals surface area contributed by atoms with Gasteiger partial charge in [-0.05, 0) is 18.6 Å². The van der Waals surface area contributed by atoms with E-state index in [1.54, 1.807) is 0 Å². The van der Waals surface area contributed by atoms with Crippen LogP contribution >= 0.6 is 11.3 Å². The molecule has 1 aromatic heterocycles. The van der Waals surface area contributed by atoms with Crippen molar-refractivity contribution >= 4 is 11.3 Å². The summed E-state index contributed by atoms with van der Waals surface area (Å²) in [7, 11) is 0. The second-order valence-corrected chi connectivity index (χ2v) is 5.59. The topological polar surface area (TPSA) is 38.9 Å². The molecule has 0 saturated heterocycles. The van der Waals surface area contributed by atoms with E-state index in [2.05, 4.69) is 4.98 Å². The maximum atomic E-state index is 14.1. The van der Waals surface area contributed by atoms with Crippen LogP contribution in [0.25, 0.3) is 10.6 Å². The first-order valence-corrected chi connectivity index (χ1v) is 7.24. The van der Waals surface area contributed by atoms with Crippen molar-refractivity contribution in [3.05, 3.63) is 40.2 Å². The van der Waals surface area contributed by atoms with Crippen molar-refractivity contribution in [2.45, 2.75) is 32.5 Å². The molecule has 0 aliphatic carbocycles. The molecule has 2 rings (SSSR count). The Labute approximate surface area is 123 Å². The zero-order valence-corrected chi connectivity index (χ0v) is 12.1. The first-order chi connectivity index (χ1) is 9.88. The molecule has 7 heteroatoms. The van der Waals surface area contributed by atoms with Crippen molar-refractivity contribution < 1.29 is 17.6 Å². The molecule has 2 nitrogen and oxygen atoms in total. The van der Waals surface area contributed by atoms with E-state index < -0.39 is 17.6 Å². The number of benzene rings is 1. The molecule has 0 amide bonds. The summed E-state index contributed by atoms with van der Waals surface area (Å²) in [5.74, 6) is -1.29. The van der Waals surface area contributed by atoms with Crippen molar-refractivity contribution in [2.75, 3.05) is 0 Å². The summed E-state index contributed by atoms with van der Waals surface area (Å²) in [6.45, 7) is 2.21. The molecule has 2 N–H and O–H groups in total. The van der Waals surface area contributed by atoms with Gasteiger partial charge in [-0.25, -0.2) is 9.37 Å². The molecular weight excluding hydrogens is 304 g/mol. The SMILES string of the molecule is CCCc1nc(-c2cccc(C(F)(F)F)c2F)sc1CN. The molecule has 0 spiro atoms. The molecule has 114 valence electrons. The highest BCUT2D eigenvalue weighted by atomic mass is 32.1. The van der Waals surface area contributed by atoms with E-state index in [0.29, 0.717) is 6.42 Å². The lowest BCUT2D eigenvalue weighted by molar-refractivity contribution is -0.139. The van der Waals surface area contributed by atoms with Crippen LogP contribution in [0.1, 0.15) is 29.5 Å². The number of hydrogen-bond donors (Lipinski definition) is 1. The van der Waals surface area contributed by atoms with E-state index >= 15 is 0 Å². The zero-order valence-electron chi connectivity index (χ0n) is 11.3. The average Bonchev–Trinajstić information content (AvgIpc) is 2.81. The van der Waals surface area contributed by atoms with Gasteiger partial charge in [-0.2, -0.15) is 13.2 Å². The van der Waals surface area contributed by atoms with E-state index in [0.717, 1.165) is 34.4 Å². The Morgan fingerprint density at radius 3 is 2.57 bits per heavy atom. The Bertz CT molecular complexity index is 634. The normalized spacial score (nSPS) is 11.9. The second kappa shape index (κ2) is 6.11. The van der Waals surface area contributed by atoms with Gasteiger partial charge in [0.15, 0.2) is 0 Å². The van der Waals surface area contributed by atoms with Crippen LogP contribution < -0.4 is 5.73 Å². The summed E-state index contributed by atoms with van der Waals surface area (Å²) in [5.41, 5.74) is 4.93. The highest BCUT2D eigenvalue weighted by Gasteiger charge is 2.35. The van der Waals surface area contributed by atoms with Crippen LogP contribution in [-0.2, 0) is 19.1 Å². The number of alkyl halides is 3. The molecule has 1 heterocycles. The Balaban J connectivity index is 2.52. The standard InChI is InChI=1S/C14H14F4N2S/c1-2-4-10-11(7-19)21-13(20-10)8-5-3-6-9(12(8)15)14(16,17)18/h3,5-6H,2,4,7,19H2,1H3. The first kappa shape index (κ1) is 15.9. The van der Waals surface area contributed by atoms with Gasteiger partial charge < -0.3 is 5.73 Å². The Kier molecular flexibility index (Phi) is 4.63. The van der Waals surface area contributed by atoms with Gasteiger partial charge in [0.05, 0.1) is 11.3 Å². The van der Waals surface area contributed by atoms with Gasteiger partial charge in [-0.3, -0.25) is 0 Å². The Hall–Kier alpha value is -1.47. The number of nitrogens with zero attached hydrogens (tertiary/aromatic N) is 1. The van der Waals surface area contributed by atoms with Gasteiger partial charge in [-0.15, -0.1) is 11.3 Å². The fourth-order valence-electron chi connectivity index (χ4n) is 2.01. The van der Waals surface area contributed by atoms with Crippen LogP contribution in [0.3, 0.4) is 0 Å². The van der Waals surface area contributed by atoms with Crippen LogP contribution in [-0.4, -0.2) is 4.98 Å². The monoisotopic (exact) mass is 318 g/mol. The van der Waals surface area contributed by atoms with Crippen LogP contribution in [0.2, 0.25) is 0 Å². The van der Waals surface area contributed by atoms with E-state index in [4.69, 9.17) is 5.73 Å². The number of halogens is 4. The molecule has 0 atom stereocenters. The second-order valence-electron chi connectivity index (χ2n) is 4.51. The molecular formula is C14H14F4N2S. The number of thiazole rings is 1. The van der Waals surface area contributed by atoms with Gasteiger partial charge >= 0.3 is 6.18 Å². The minimum absolute atomic E-state index is 0.133. The van der Waals surface area contributed by atoms with E-state index in [-0.39, 0.29) is 17.1 Å². The van der Waals surface area contributed by atoms with Crippen LogP contribution in [0.5, 0.6) is 0 Å². The molecule has 21 heavy (non-hydrogen) atoms. The molecule has 1 aromatic carbocycles. The van der Waals surface area contributed by atoms with Crippen molar-refractivity contribution in [1.29, 1.82) is 0 Å². The molecule has 0 unspecified atom stereocenters. The minimum atomic E-state index is -4.72. The fourth-order valence-corrected chi connectivity index (χ4v) is 3.01. The van der Waals surface area contributed by atoms with Gasteiger partial charge in [0.1, 0.15) is 10.8 Å². The lowest BCUT2D eigenvalue weighted by Gasteiger charge is -2.09. The third-order valence-electron chi connectivity index (χ3n) is 2.98. The smallest absolute Gasteiger partial charge is 0.326 e. The fraction of sp³-hybridized carbons (Fsp3) is 0.357. The average molecular weight is 318 g/mol. The molecule has 0 radical (unpaired) electrons. The molecule has 0 saturated carbocycles. The quantitative estimate of drug-likeness (QED) is 0.850. The lowest BCUT2D eigenvalue weighted by atomic mass is 10.1. The van der Waals surface area contributed by atoms with E-state index in [9.17, 15) is 17.6 Å². The lowest BCUT2D eigenvalue weighted by Crippen LogP contribution is -2.08. The van der Waals surface area contributed by atoms with Gasteiger partial charge in [0.25, 0.3) is 0 Å². The molecule has 2 aromatic rings. The maximum absolute atomic E-state index is 14.1. The highest BCUT2D eigenvalue weighted by Crippen LogP contribution is 2.37. The predicted molar refractivity (Wildman–Crippen MR) is 74.4 cm³/mol. The third-order valence-corrected chi connectivity index (χ3v) is 4.14. The summed E-state index contributed by atoms with van der Waals surface area (Å²) in [5, 5.41) is 0.238. The highest BCUT2D eigenvalue weighted by molar-refractivity contribution is 7.15. The molecule has 0 aliphatic heterocycles. The molecule has 0 aliphatic rings. The zero-order chi connectivity index (χ0) is 15.6. The number of rotatable bonds is 4. The minimum Gasteiger partial charge on any atom is -0.326 e. The molecule has 0 bridgehead atoms. The number of aryl methyl sites for hydroxylation is 1. The van der Waals surface area contributed by atoms with Gasteiger partial charge in [0, 0.05) is 17.0 Å². The van der Waals surface area contributed by atoms with Gasteiger partial charge in [0.2, 0.25) is 0 Å². The third kappa shape index (κ3) is 3.24. The van der Waals surface area contributed by atoms with Crippen LogP contribution in [0.15, 0.2) is 18.2 Å². The predicted octanol–water partition coefficient (Wildman–Crippen LogP) is 4.38. The first-order valence-electron chi connectivity index (χ1n) is 6.43. The van der Waals surface area contributed by atoms with Crippen molar-refractivity contribution in [3.8, 4) is 10.6 Å². The summed E-state index contributed by atoms with van der Waals surface area (Å²) >= 11 is 1.14. The van der Waals surface area contributed by atoms with Crippen LogP contribution in [0.4, 0.5) is 17.6 Å². The Morgan fingerprint density at radius 2 is 2.00 bits per heavy atom. The maximum Gasteiger partial charge on any atom is 0.419 e. The summed E-state index contributed by atoms with van der Waals surface area (Å²) in [6.07, 6.45) is -3.22. The van der Waals surface area contributed by atoms with Crippen LogP contribution in [0, 0.1) is 5.82 Å². The summed E-state index contributed by atoms with van der Waals surface area (Å²) in [6, 6.07) is 3.22. The number of hydrogen-bond acceptors (Lipinski definition) is 3. The molecule has 0 fully saturated rings. The van der Waals surface area contributed by atoms with E-state index in [1.807, 2.05) is 6.92 Å². The largest absolute Gasteiger partial charge is 0.419 e. The van der Waals surface area contributed by atoms with Gasteiger partial charge in [-0.1, -0.05) is 19.4 Å². The van der Waals surface area contributed by atoms with Crippen molar-refractivity contribution in [2.24, 2.45) is 5.73 Å². The number of nitrogens with two attached hydrogens (primary N) is 1. The summed E-state index contributed by atoms with van der Waals surface area (Å²) in [4.78, 5) is 5.04. The van der Waals surface area contributed by atoms with E-state index in [1.165, 1.54) is 12.1 Å². The summed E-state index contributed by atoms with van der Waals surface area (Å²) < 4.78 is 52.3. The van der Waals surface area contributed by atoms with Crippen molar-refractivity contribution in [1.82, 2.24) is 4.98 Å². The number of aromatic nitrogens is 1.